The van der Waals surface area contributed by atoms with Crippen molar-refractivity contribution < 1.29 is 4.79 Å². The number of hydrogen-bond donors (Lipinski definition) is 0. The molecule has 12 heavy (non-hydrogen) atoms. The summed E-state index contributed by atoms with van der Waals surface area (Å²) in [5, 5.41) is 0. The second kappa shape index (κ2) is 3.85. The lowest BCUT2D eigenvalue weighted by atomic mass is 10.3. The van der Waals surface area contributed by atoms with Crippen LogP contribution in [0.3, 0.4) is 0 Å². The van der Waals surface area contributed by atoms with Gasteiger partial charge in [0.15, 0.2) is 0 Å². The molecule has 0 aromatic carbocycles. The Morgan fingerprint density at radius 3 is 2.83 bits per heavy atom. The Kier molecular flexibility index (Phi) is 2.80. The van der Waals surface area contributed by atoms with Crippen molar-refractivity contribution >= 4 is 5.78 Å². The second-order valence-electron chi connectivity index (χ2n) is 2.68. The molecule has 1 aromatic heterocycles. The summed E-state index contributed by atoms with van der Waals surface area (Å²) in [6.07, 6.45) is 2.11. The molecule has 0 saturated carbocycles. The molecule has 0 atom stereocenters. The van der Waals surface area contributed by atoms with Gasteiger partial charge in [0.2, 0.25) is 0 Å². The molecule has 0 spiro atoms. The van der Waals surface area contributed by atoms with E-state index in [4.69, 9.17) is 0 Å². The van der Waals surface area contributed by atoms with Crippen molar-refractivity contribution in [3.05, 3.63) is 34.7 Å². The first-order valence-electron chi connectivity index (χ1n) is 3.85. The summed E-state index contributed by atoms with van der Waals surface area (Å²) in [7, 11) is 0. The molecule has 0 bridgehead atoms. The molecular weight excluding hydrogens is 154 g/mol. The lowest BCUT2D eigenvalue weighted by molar-refractivity contribution is -0.117. The maximum absolute atomic E-state index is 11.1. The van der Waals surface area contributed by atoms with Crippen LogP contribution >= 0.6 is 0 Å². The molecule has 3 heteroatoms. The number of carbonyl (C=O) groups excluding carboxylic acids is 1. The second-order valence-corrected chi connectivity index (χ2v) is 2.68. The van der Waals surface area contributed by atoms with Crippen LogP contribution in [-0.4, -0.2) is 10.4 Å². The number of rotatable bonds is 3. The Morgan fingerprint density at radius 1 is 1.50 bits per heavy atom. The van der Waals surface area contributed by atoms with E-state index in [-0.39, 0.29) is 11.3 Å². The molecule has 1 heterocycles. The Morgan fingerprint density at radius 2 is 2.25 bits per heavy atom. The van der Waals surface area contributed by atoms with Crippen LogP contribution in [0.2, 0.25) is 0 Å². The Balaban J connectivity index is 2.70. The van der Waals surface area contributed by atoms with Gasteiger partial charge in [-0.05, 0) is 13.0 Å². The van der Waals surface area contributed by atoms with Gasteiger partial charge in [0, 0.05) is 25.2 Å². The van der Waals surface area contributed by atoms with Gasteiger partial charge in [-0.25, -0.2) is 0 Å². The van der Waals surface area contributed by atoms with Gasteiger partial charge >= 0.3 is 0 Å². The average Bonchev–Trinajstić information content (AvgIpc) is 2.03. The summed E-state index contributed by atoms with van der Waals surface area (Å²) < 4.78 is 1.53. The average molecular weight is 165 g/mol. The molecule has 1 aromatic rings. The van der Waals surface area contributed by atoms with E-state index in [0.29, 0.717) is 13.0 Å². The maximum atomic E-state index is 11.1. The van der Waals surface area contributed by atoms with E-state index in [0.717, 1.165) is 0 Å². The zero-order chi connectivity index (χ0) is 8.97. The number of carbonyl (C=O) groups is 1. The molecule has 1 rings (SSSR count). The fourth-order valence-corrected chi connectivity index (χ4v) is 0.923. The monoisotopic (exact) mass is 165 g/mol. The summed E-state index contributed by atoms with van der Waals surface area (Å²) >= 11 is 0. The molecule has 0 saturated heterocycles. The molecule has 64 valence electrons. The minimum atomic E-state index is -0.0567. The minimum absolute atomic E-state index is 0.0567. The number of aromatic nitrogens is 1. The largest absolute Gasteiger partial charge is 0.315 e. The van der Waals surface area contributed by atoms with E-state index >= 15 is 0 Å². The van der Waals surface area contributed by atoms with Crippen molar-refractivity contribution in [2.45, 2.75) is 19.9 Å². The van der Waals surface area contributed by atoms with Crippen molar-refractivity contribution in [2.75, 3.05) is 0 Å². The van der Waals surface area contributed by atoms with E-state index < -0.39 is 0 Å². The lowest BCUT2D eigenvalue weighted by Crippen LogP contribution is -2.18. The Labute approximate surface area is 70.6 Å². The highest BCUT2D eigenvalue weighted by Gasteiger charge is 1.95. The summed E-state index contributed by atoms with van der Waals surface area (Å²) in [6.45, 7) is 2.00. The number of nitrogens with zero attached hydrogens (tertiary/aromatic N) is 1. The molecule has 0 aliphatic rings. The molecule has 0 fully saturated rings. The number of pyridine rings is 1. The van der Waals surface area contributed by atoms with Crippen molar-refractivity contribution in [3.8, 4) is 0 Å². The van der Waals surface area contributed by atoms with Crippen molar-refractivity contribution in [2.24, 2.45) is 0 Å². The van der Waals surface area contributed by atoms with Crippen LogP contribution in [0.5, 0.6) is 0 Å². The zero-order valence-electron chi connectivity index (χ0n) is 6.99. The first-order valence-corrected chi connectivity index (χ1v) is 3.85. The third-order valence-corrected chi connectivity index (χ3v) is 1.60. The van der Waals surface area contributed by atoms with Gasteiger partial charge in [0.25, 0.3) is 5.56 Å². The Bertz CT molecular complexity index is 327. The first kappa shape index (κ1) is 8.71. The van der Waals surface area contributed by atoms with Gasteiger partial charge in [0.05, 0.1) is 0 Å². The highest BCUT2D eigenvalue weighted by Crippen LogP contribution is 1.87. The third kappa shape index (κ3) is 2.34. The third-order valence-electron chi connectivity index (χ3n) is 1.60. The Hall–Kier alpha value is -1.38. The molecule has 0 radical (unpaired) electrons. The predicted octanol–water partition coefficient (Wildman–Crippen LogP) is 0.827. The van der Waals surface area contributed by atoms with E-state index in [2.05, 4.69) is 0 Å². The van der Waals surface area contributed by atoms with Gasteiger partial charge in [-0.3, -0.25) is 9.59 Å². The normalized spacial score (nSPS) is 9.75. The SMILES string of the molecule is CC(=O)CCn1ccccc1=O. The summed E-state index contributed by atoms with van der Waals surface area (Å²) in [6, 6.07) is 4.95. The highest BCUT2D eigenvalue weighted by atomic mass is 16.1. The molecule has 0 aliphatic heterocycles. The number of Topliss-reactive ketones (excluding diaryl/α,β-unsaturated/α-hetero) is 1. The summed E-state index contributed by atoms with van der Waals surface area (Å²) in [4.78, 5) is 21.7. The fraction of sp³-hybridized carbons (Fsp3) is 0.333. The molecule has 0 N–H and O–H groups in total. The van der Waals surface area contributed by atoms with Crippen LogP contribution in [0.15, 0.2) is 29.2 Å². The van der Waals surface area contributed by atoms with Crippen molar-refractivity contribution in [1.29, 1.82) is 0 Å². The number of ketones is 1. The van der Waals surface area contributed by atoms with Crippen molar-refractivity contribution in [3.63, 3.8) is 0 Å². The highest BCUT2D eigenvalue weighted by molar-refractivity contribution is 5.75. The van der Waals surface area contributed by atoms with Gasteiger partial charge in [-0.2, -0.15) is 0 Å². The van der Waals surface area contributed by atoms with E-state index in [1.54, 1.807) is 18.3 Å². The van der Waals surface area contributed by atoms with Crippen LogP contribution < -0.4 is 5.56 Å². The van der Waals surface area contributed by atoms with Crippen LogP contribution in [0.1, 0.15) is 13.3 Å². The van der Waals surface area contributed by atoms with Gasteiger partial charge in [0.1, 0.15) is 5.78 Å². The molecule has 0 aliphatic carbocycles. The zero-order valence-corrected chi connectivity index (χ0v) is 6.99. The van der Waals surface area contributed by atoms with Gasteiger partial charge in [-0.15, -0.1) is 0 Å². The van der Waals surface area contributed by atoms with E-state index in [1.807, 2.05) is 0 Å². The molecule has 0 unspecified atom stereocenters. The molecule has 0 amide bonds. The molecular formula is C9H11NO2. The quantitative estimate of drug-likeness (QED) is 0.665. The maximum Gasteiger partial charge on any atom is 0.250 e. The topological polar surface area (TPSA) is 39.1 Å². The summed E-state index contributed by atoms with van der Waals surface area (Å²) in [5.41, 5.74) is -0.0567. The molecule has 3 nitrogen and oxygen atoms in total. The smallest absolute Gasteiger partial charge is 0.250 e. The lowest BCUT2D eigenvalue weighted by Gasteiger charge is -2.01. The summed E-state index contributed by atoms with van der Waals surface area (Å²) in [5.74, 6) is 0.103. The van der Waals surface area contributed by atoms with E-state index in [9.17, 15) is 9.59 Å². The number of hydrogen-bond acceptors (Lipinski definition) is 2. The van der Waals surface area contributed by atoms with Crippen LogP contribution in [0.4, 0.5) is 0 Å². The van der Waals surface area contributed by atoms with E-state index in [1.165, 1.54) is 17.6 Å². The van der Waals surface area contributed by atoms with Gasteiger partial charge < -0.3 is 4.57 Å². The minimum Gasteiger partial charge on any atom is -0.315 e. The van der Waals surface area contributed by atoms with Crippen molar-refractivity contribution in [1.82, 2.24) is 4.57 Å². The number of aryl methyl sites for hydroxylation is 1. The van der Waals surface area contributed by atoms with Crippen LogP contribution in [-0.2, 0) is 11.3 Å². The van der Waals surface area contributed by atoms with Crippen LogP contribution in [0, 0.1) is 0 Å². The van der Waals surface area contributed by atoms with Crippen LogP contribution in [0.25, 0.3) is 0 Å². The predicted molar refractivity (Wildman–Crippen MR) is 46.0 cm³/mol. The fourth-order valence-electron chi connectivity index (χ4n) is 0.923. The standard InChI is InChI=1S/C9H11NO2/c1-8(11)5-7-10-6-3-2-4-9(10)12/h2-4,6H,5,7H2,1H3. The first-order chi connectivity index (χ1) is 5.70. The van der Waals surface area contributed by atoms with Gasteiger partial charge in [-0.1, -0.05) is 6.07 Å².